The smallest absolute Gasteiger partial charge is 0.268 e. The van der Waals surface area contributed by atoms with Crippen LogP contribution < -0.4 is 15.8 Å². The standard InChI is InChI=1S/C22H25N3O2S/c1-3-13-9-10-16-14(11-13)12-15-19(23)20(28-22(15)25-16)21(26)24-17-7-5-6-8-18(17)27-4-2/h5-8,12-13H,3-4,9-11,23H2,1-2H3,(H,24,26)/t13-/m0/s1. The number of fused-ring (bicyclic) bond motifs is 2. The summed E-state index contributed by atoms with van der Waals surface area (Å²) in [7, 11) is 0. The number of nitrogen functional groups attached to an aromatic ring is 1. The van der Waals surface area contributed by atoms with Gasteiger partial charge < -0.3 is 15.8 Å². The second-order valence-corrected chi connectivity index (χ2v) is 8.19. The van der Waals surface area contributed by atoms with E-state index in [2.05, 4.69) is 18.3 Å². The maximum atomic E-state index is 12.9. The fraction of sp³-hybridized carbons (Fsp3) is 0.364. The van der Waals surface area contributed by atoms with Gasteiger partial charge in [-0.15, -0.1) is 11.3 Å². The lowest BCUT2D eigenvalue weighted by molar-refractivity contribution is 0.103. The SMILES string of the molecule is CCOc1ccccc1NC(=O)c1sc2nc3c(cc2c1N)C[C@@H](CC)CC3. The molecule has 0 saturated heterocycles. The fourth-order valence-electron chi connectivity index (χ4n) is 3.81. The van der Waals surface area contributed by atoms with Gasteiger partial charge in [0, 0.05) is 11.1 Å². The molecular formula is C22H25N3O2S. The van der Waals surface area contributed by atoms with Crippen molar-refractivity contribution in [3.8, 4) is 5.75 Å². The van der Waals surface area contributed by atoms with Crippen LogP contribution >= 0.6 is 11.3 Å². The van der Waals surface area contributed by atoms with Crippen LogP contribution in [0.4, 0.5) is 11.4 Å². The number of para-hydroxylation sites is 2. The topological polar surface area (TPSA) is 77.2 Å². The van der Waals surface area contributed by atoms with Crippen LogP contribution in [0.15, 0.2) is 30.3 Å². The summed E-state index contributed by atoms with van der Waals surface area (Å²) in [5, 5.41) is 3.83. The van der Waals surface area contributed by atoms with Crippen molar-refractivity contribution in [3.63, 3.8) is 0 Å². The average Bonchev–Trinajstić information content (AvgIpc) is 3.03. The van der Waals surface area contributed by atoms with Crippen LogP contribution in [0, 0.1) is 5.92 Å². The Bertz CT molecular complexity index is 1030. The summed E-state index contributed by atoms with van der Waals surface area (Å²) >= 11 is 1.36. The number of benzene rings is 1. The number of nitrogens with two attached hydrogens (primary N) is 1. The molecular weight excluding hydrogens is 370 g/mol. The van der Waals surface area contributed by atoms with E-state index in [1.54, 1.807) is 0 Å². The molecule has 2 aromatic heterocycles. The molecule has 146 valence electrons. The predicted octanol–water partition coefficient (Wildman–Crippen LogP) is 5.04. The number of pyridine rings is 1. The molecule has 0 aliphatic heterocycles. The Morgan fingerprint density at radius 1 is 1.36 bits per heavy atom. The first-order valence-corrected chi connectivity index (χ1v) is 10.7. The van der Waals surface area contributed by atoms with Gasteiger partial charge in [-0.3, -0.25) is 4.79 Å². The zero-order valence-corrected chi connectivity index (χ0v) is 17.1. The average molecular weight is 396 g/mol. The highest BCUT2D eigenvalue weighted by Crippen LogP contribution is 2.37. The Morgan fingerprint density at radius 3 is 2.96 bits per heavy atom. The summed E-state index contributed by atoms with van der Waals surface area (Å²) in [4.78, 5) is 19.1. The number of carbonyl (C=O) groups is 1. The van der Waals surface area contributed by atoms with Crippen molar-refractivity contribution in [3.05, 3.63) is 46.5 Å². The maximum absolute atomic E-state index is 12.9. The van der Waals surface area contributed by atoms with Crippen molar-refractivity contribution in [2.45, 2.75) is 39.5 Å². The van der Waals surface area contributed by atoms with E-state index in [4.69, 9.17) is 15.5 Å². The highest BCUT2D eigenvalue weighted by molar-refractivity contribution is 7.21. The summed E-state index contributed by atoms with van der Waals surface area (Å²) in [6.45, 7) is 4.69. The molecule has 28 heavy (non-hydrogen) atoms. The zero-order chi connectivity index (χ0) is 19.7. The zero-order valence-electron chi connectivity index (χ0n) is 16.2. The molecule has 0 bridgehead atoms. The van der Waals surface area contributed by atoms with Crippen LogP contribution in [-0.2, 0) is 12.8 Å². The molecule has 5 nitrogen and oxygen atoms in total. The minimum absolute atomic E-state index is 0.225. The van der Waals surface area contributed by atoms with Crippen molar-refractivity contribution >= 4 is 38.8 Å². The van der Waals surface area contributed by atoms with Gasteiger partial charge in [-0.25, -0.2) is 4.98 Å². The summed E-state index contributed by atoms with van der Waals surface area (Å²) in [5.41, 5.74) is 9.97. The summed E-state index contributed by atoms with van der Waals surface area (Å²) in [5.74, 6) is 1.14. The van der Waals surface area contributed by atoms with Crippen molar-refractivity contribution in [2.75, 3.05) is 17.7 Å². The normalized spacial score (nSPS) is 16.0. The lowest BCUT2D eigenvalue weighted by atomic mass is 9.85. The van der Waals surface area contributed by atoms with E-state index in [0.717, 1.165) is 28.8 Å². The number of carbonyl (C=O) groups excluding carboxylic acids is 1. The number of nitrogens with one attached hydrogen (secondary N) is 1. The van der Waals surface area contributed by atoms with E-state index >= 15 is 0 Å². The molecule has 0 unspecified atom stereocenters. The molecule has 4 rings (SSSR count). The van der Waals surface area contributed by atoms with E-state index in [1.165, 1.54) is 29.7 Å². The van der Waals surface area contributed by atoms with Gasteiger partial charge in [0.15, 0.2) is 0 Å². The number of aryl methyl sites for hydroxylation is 1. The van der Waals surface area contributed by atoms with E-state index < -0.39 is 0 Å². The Hall–Kier alpha value is -2.60. The third kappa shape index (κ3) is 3.44. The Kier molecular flexibility index (Phi) is 5.22. The molecule has 6 heteroatoms. The molecule has 0 spiro atoms. The Balaban J connectivity index is 1.66. The van der Waals surface area contributed by atoms with E-state index in [1.807, 2.05) is 31.2 Å². The van der Waals surface area contributed by atoms with E-state index in [0.29, 0.717) is 34.5 Å². The Morgan fingerprint density at radius 2 is 2.18 bits per heavy atom. The number of thiophene rings is 1. The van der Waals surface area contributed by atoms with Crippen LogP contribution in [0.5, 0.6) is 5.75 Å². The third-order valence-corrected chi connectivity index (χ3v) is 6.52. The molecule has 3 aromatic rings. The van der Waals surface area contributed by atoms with Gasteiger partial charge in [0.2, 0.25) is 0 Å². The number of hydrogen-bond donors (Lipinski definition) is 2. The molecule has 3 N–H and O–H groups in total. The number of ether oxygens (including phenoxy) is 1. The van der Waals surface area contributed by atoms with Gasteiger partial charge in [0.05, 0.1) is 18.0 Å². The van der Waals surface area contributed by atoms with Crippen LogP contribution in [0.1, 0.15) is 47.6 Å². The molecule has 1 aromatic carbocycles. The summed E-state index contributed by atoms with van der Waals surface area (Å²) in [6.07, 6.45) is 4.42. The van der Waals surface area contributed by atoms with Gasteiger partial charge in [-0.1, -0.05) is 25.5 Å². The third-order valence-electron chi connectivity index (χ3n) is 5.41. The number of amides is 1. The van der Waals surface area contributed by atoms with Crippen LogP contribution in [0.2, 0.25) is 0 Å². The molecule has 0 fully saturated rings. The monoisotopic (exact) mass is 395 g/mol. The molecule has 0 saturated carbocycles. The van der Waals surface area contributed by atoms with Gasteiger partial charge >= 0.3 is 0 Å². The predicted molar refractivity (Wildman–Crippen MR) is 115 cm³/mol. The highest BCUT2D eigenvalue weighted by Gasteiger charge is 2.23. The van der Waals surface area contributed by atoms with E-state index in [-0.39, 0.29) is 5.91 Å². The number of hydrogen-bond acceptors (Lipinski definition) is 5. The lowest BCUT2D eigenvalue weighted by Gasteiger charge is -2.22. The first kappa shape index (κ1) is 18.7. The molecule has 1 aliphatic rings. The Labute approximate surface area is 168 Å². The van der Waals surface area contributed by atoms with Crippen LogP contribution in [-0.4, -0.2) is 17.5 Å². The fourth-order valence-corrected chi connectivity index (χ4v) is 4.80. The molecule has 1 aliphatic carbocycles. The molecule has 1 atom stereocenters. The minimum atomic E-state index is -0.225. The molecule has 2 heterocycles. The van der Waals surface area contributed by atoms with Crippen molar-refractivity contribution in [1.82, 2.24) is 4.98 Å². The summed E-state index contributed by atoms with van der Waals surface area (Å²) < 4.78 is 5.60. The number of aromatic nitrogens is 1. The van der Waals surface area contributed by atoms with Crippen molar-refractivity contribution < 1.29 is 9.53 Å². The van der Waals surface area contributed by atoms with Crippen molar-refractivity contribution in [1.29, 1.82) is 0 Å². The minimum Gasteiger partial charge on any atom is -0.492 e. The van der Waals surface area contributed by atoms with Gasteiger partial charge in [0.25, 0.3) is 5.91 Å². The second-order valence-electron chi connectivity index (χ2n) is 7.19. The molecule has 1 amide bonds. The van der Waals surface area contributed by atoms with Gasteiger partial charge in [-0.2, -0.15) is 0 Å². The quantitative estimate of drug-likeness (QED) is 0.634. The van der Waals surface area contributed by atoms with Crippen LogP contribution in [0.3, 0.4) is 0 Å². The first-order chi connectivity index (χ1) is 13.6. The number of nitrogens with zero attached hydrogens (tertiary/aromatic N) is 1. The molecule has 0 radical (unpaired) electrons. The maximum Gasteiger partial charge on any atom is 0.268 e. The second kappa shape index (κ2) is 7.80. The van der Waals surface area contributed by atoms with E-state index in [9.17, 15) is 4.79 Å². The van der Waals surface area contributed by atoms with Crippen LogP contribution in [0.25, 0.3) is 10.2 Å². The first-order valence-electron chi connectivity index (χ1n) is 9.84. The number of anilines is 2. The summed E-state index contributed by atoms with van der Waals surface area (Å²) in [6, 6.07) is 9.57. The van der Waals surface area contributed by atoms with Gasteiger partial charge in [-0.05, 0) is 55.9 Å². The van der Waals surface area contributed by atoms with Crippen molar-refractivity contribution in [2.24, 2.45) is 5.92 Å². The lowest BCUT2D eigenvalue weighted by Crippen LogP contribution is -2.14. The highest BCUT2D eigenvalue weighted by atomic mass is 32.1. The van der Waals surface area contributed by atoms with Gasteiger partial charge in [0.1, 0.15) is 15.5 Å². The number of rotatable bonds is 5. The largest absolute Gasteiger partial charge is 0.492 e.